The van der Waals surface area contributed by atoms with Crippen LogP contribution >= 0.6 is 0 Å². The average molecular weight is 255 g/mol. The van der Waals surface area contributed by atoms with Gasteiger partial charge in [-0.2, -0.15) is 0 Å². The number of hydrogen-bond acceptors (Lipinski definition) is 4. The normalized spacial score (nSPS) is 33.6. The van der Waals surface area contributed by atoms with Crippen molar-refractivity contribution in [1.29, 1.82) is 0 Å². The Morgan fingerprint density at radius 2 is 2.06 bits per heavy atom. The molecule has 0 N–H and O–H groups in total. The van der Waals surface area contributed by atoms with Crippen molar-refractivity contribution >= 4 is 5.97 Å². The molecule has 0 radical (unpaired) electrons. The van der Waals surface area contributed by atoms with Gasteiger partial charge in [0.2, 0.25) is 0 Å². The van der Waals surface area contributed by atoms with Crippen molar-refractivity contribution in [2.75, 3.05) is 32.9 Å². The lowest BCUT2D eigenvalue weighted by molar-refractivity contribution is -0.145. The zero-order valence-corrected chi connectivity index (χ0v) is 11.6. The molecule has 2 aliphatic rings. The van der Waals surface area contributed by atoms with Crippen LogP contribution in [0.15, 0.2) is 0 Å². The first-order valence-corrected chi connectivity index (χ1v) is 7.19. The van der Waals surface area contributed by atoms with E-state index < -0.39 is 0 Å². The lowest BCUT2D eigenvalue weighted by Crippen LogP contribution is -2.46. The number of ether oxygens (including phenoxy) is 2. The monoisotopic (exact) mass is 255 g/mol. The van der Waals surface area contributed by atoms with Crippen molar-refractivity contribution < 1.29 is 14.3 Å². The molecule has 0 spiro atoms. The topological polar surface area (TPSA) is 38.8 Å². The van der Waals surface area contributed by atoms with Crippen LogP contribution in [0.5, 0.6) is 0 Å². The molecule has 0 unspecified atom stereocenters. The molecule has 1 aliphatic heterocycles. The van der Waals surface area contributed by atoms with Crippen molar-refractivity contribution in [3.63, 3.8) is 0 Å². The summed E-state index contributed by atoms with van der Waals surface area (Å²) >= 11 is 0. The molecule has 1 heterocycles. The van der Waals surface area contributed by atoms with Crippen molar-refractivity contribution in [2.24, 2.45) is 11.8 Å². The average Bonchev–Trinajstić information content (AvgIpc) is 2.73. The van der Waals surface area contributed by atoms with Crippen molar-refractivity contribution in [3.05, 3.63) is 0 Å². The minimum absolute atomic E-state index is 0.0329. The maximum atomic E-state index is 11.7. The molecule has 0 aromatic heterocycles. The second-order valence-corrected chi connectivity index (χ2v) is 5.44. The maximum Gasteiger partial charge on any atom is 0.306 e. The van der Waals surface area contributed by atoms with E-state index in [9.17, 15) is 4.79 Å². The van der Waals surface area contributed by atoms with E-state index in [1.165, 1.54) is 12.8 Å². The summed E-state index contributed by atoms with van der Waals surface area (Å²) < 4.78 is 10.5. The van der Waals surface area contributed by atoms with Crippen LogP contribution in [0.2, 0.25) is 0 Å². The summed E-state index contributed by atoms with van der Waals surface area (Å²) in [4.78, 5) is 14.2. The Labute approximate surface area is 110 Å². The summed E-state index contributed by atoms with van der Waals surface area (Å²) in [7, 11) is 0. The van der Waals surface area contributed by atoms with E-state index in [0.29, 0.717) is 30.9 Å². The van der Waals surface area contributed by atoms with Gasteiger partial charge in [-0.1, -0.05) is 6.92 Å². The molecular formula is C14H25NO3. The quantitative estimate of drug-likeness (QED) is 0.717. The van der Waals surface area contributed by atoms with E-state index in [-0.39, 0.29) is 5.97 Å². The van der Waals surface area contributed by atoms with Gasteiger partial charge in [0.05, 0.1) is 26.2 Å². The highest BCUT2D eigenvalue weighted by Crippen LogP contribution is 2.37. The Hall–Kier alpha value is -0.610. The van der Waals surface area contributed by atoms with Crippen LogP contribution in [0, 0.1) is 11.8 Å². The maximum absolute atomic E-state index is 11.7. The van der Waals surface area contributed by atoms with E-state index in [1.807, 2.05) is 6.92 Å². The molecule has 0 aromatic rings. The van der Waals surface area contributed by atoms with Gasteiger partial charge >= 0.3 is 5.97 Å². The van der Waals surface area contributed by atoms with Gasteiger partial charge in [-0.3, -0.25) is 9.69 Å². The predicted octanol–water partition coefficient (Wildman–Crippen LogP) is 1.69. The number of esters is 1. The number of morpholine rings is 1. The molecule has 3 atom stereocenters. The van der Waals surface area contributed by atoms with E-state index in [1.54, 1.807) is 0 Å². The van der Waals surface area contributed by atoms with Gasteiger partial charge in [0, 0.05) is 19.1 Å². The van der Waals surface area contributed by atoms with Crippen molar-refractivity contribution in [3.8, 4) is 0 Å². The summed E-state index contributed by atoms with van der Waals surface area (Å²) in [6.07, 6.45) is 3.02. The predicted molar refractivity (Wildman–Crippen MR) is 69.3 cm³/mol. The van der Waals surface area contributed by atoms with E-state index in [0.717, 1.165) is 26.3 Å². The number of carbonyl (C=O) groups is 1. The van der Waals surface area contributed by atoms with Crippen LogP contribution < -0.4 is 0 Å². The summed E-state index contributed by atoms with van der Waals surface area (Å²) in [5, 5.41) is 0. The zero-order chi connectivity index (χ0) is 13.0. The molecule has 18 heavy (non-hydrogen) atoms. The molecule has 0 bridgehead atoms. The lowest BCUT2D eigenvalue weighted by Gasteiger charge is -2.36. The first kappa shape index (κ1) is 13.8. The first-order chi connectivity index (χ1) is 8.72. The fourth-order valence-corrected chi connectivity index (χ4v) is 3.35. The highest BCUT2D eigenvalue weighted by atomic mass is 16.5. The fraction of sp³-hybridized carbons (Fsp3) is 0.929. The fourth-order valence-electron chi connectivity index (χ4n) is 3.35. The van der Waals surface area contributed by atoms with Gasteiger partial charge in [-0.05, 0) is 31.6 Å². The number of rotatable bonds is 4. The molecule has 0 aromatic carbocycles. The number of nitrogens with zero attached hydrogens (tertiary/aromatic N) is 1. The molecular weight excluding hydrogens is 230 g/mol. The third kappa shape index (κ3) is 3.23. The zero-order valence-electron chi connectivity index (χ0n) is 11.6. The van der Waals surface area contributed by atoms with Crippen molar-refractivity contribution in [1.82, 2.24) is 4.90 Å². The van der Waals surface area contributed by atoms with Crippen LogP contribution in [0.4, 0.5) is 0 Å². The molecule has 0 amide bonds. The van der Waals surface area contributed by atoms with Gasteiger partial charge in [0.15, 0.2) is 0 Å². The Morgan fingerprint density at radius 3 is 2.72 bits per heavy atom. The number of carbonyl (C=O) groups excluding carboxylic acids is 1. The molecule has 104 valence electrons. The van der Waals surface area contributed by atoms with Crippen LogP contribution in [0.3, 0.4) is 0 Å². The van der Waals surface area contributed by atoms with Crippen LogP contribution in [-0.2, 0) is 14.3 Å². The first-order valence-electron chi connectivity index (χ1n) is 7.19. The van der Waals surface area contributed by atoms with Gasteiger partial charge < -0.3 is 9.47 Å². The highest BCUT2D eigenvalue weighted by molar-refractivity contribution is 5.69. The summed E-state index contributed by atoms with van der Waals surface area (Å²) in [6.45, 7) is 8.31. The largest absolute Gasteiger partial charge is 0.466 e. The van der Waals surface area contributed by atoms with Crippen LogP contribution in [-0.4, -0.2) is 49.8 Å². The Morgan fingerprint density at radius 1 is 1.33 bits per heavy atom. The molecule has 1 saturated heterocycles. The lowest BCUT2D eigenvalue weighted by atomic mass is 9.91. The minimum atomic E-state index is -0.0329. The van der Waals surface area contributed by atoms with Gasteiger partial charge in [0.25, 0.3) is 0 Å². The summed E-state index contributed by atoms with van der Waals surface area (Å²) in [5.41, 5.74) is 0. The summed E-state index contributed by atoms with van der Waals surface area (Å²) in [5.74, 6) is 1.05. The van der Waals surface area contributed by atoms with Gasteiger partial charge in [-0.25, -0.2) is 0 Å². The Balaban J connectivity index is 1.93. The third-order valence-corrected chi connectivity index (χ3v) is 4.37. The highest BCUT2D eigenvalue weighted by Gasteiger charge is 2.38. The van der Waals surface area contributed by atoms with Crippen LogP contribution in [0.1, 0.15) is 33.1 Å². The summed E-state index contributed by atoms with van der Waals surface area (Å²) in [6, 6.07) is 0.549. The van der Waals surface area contributed by atoms with E-state index in [2.05, 4.69) is 11.8 Å². The van der Waals surface area contributed by atoms with Crippen molar-refractivity contribution in [2.45, 2.75) is 39.2 Å². The van der Waals surface area contributed by atoms with E-state index >= 15 is 0 Å². The Kier molecular flexibility index (Phi) is 5.01. The Bertz CT molecular complexity index is 276. The number of hydrogen-bond donors (Lipinski definition) is 0. The molecule has 4 heteroatoms. The minimum Gasteiger partial charge on any atom is -0.466 e. The SMILES string of the molecule is CCOC(=O)C[C@H]1[C@H](C)CC[C@H]1N1CCOCC1. The second-order valence-electron chi connectivity index (χ2n) is 5.44. The van der Waals surface area contributed by atoms with Gasteiger partial charge in [-0.15, -0.1) is 0 Å². The molecule has 2 fully saturated rings. The standard InChI is InChI=1S/C14H25NO3/c1-3-18-14(16)10-12-11(2)4-5-13(12)15-6-8-17-9-7-15/h11-13H,3-10H2,1-2H3/t11-,12+,13-/m1/s1. The van der Waals surface area contributed by atoms with Crippen LogP contribution in [0.25, 0.3) is 0 Å². The van der Waals surface area contributed by atoms with E-state index in [4.69, 9.17) is 9.47 Å². The smallest absolute Gasteiger partial charge is 0.306 e. The second kappa shape index (κ2) is 6.53. The van der Waals surface area contributed by atoms with Gasteiger partial charge in [0.1, 0.15) is 0 Å². The molecule has 4 nitrogen and oxygen atoms in total. The molecule has 2 rings (SSSR count). The third-order valence-electron chi connectivity index (χ3n) is 4.37. The molecule has 1 aliphatic carbocycles. The molecule has 1 saturated carbocycles.